The first-order chi connectivity index (χ1) is 19.0. The number of amides is 3. The lowest BCUT2D eigenvalue weighted by atomic mass is 9.96. The molecular formula is C26H40N8O5S. The Morgan fingerprint density at radius 3 is 2.35 bits per heavy atom. The van der Waals surface area contributed by atoms with Gasteiger partial charge in [0.15, 0.2) is 5.96 Å². The number of para-hydroxylation sites is 1. The van der Waals surface area contributed by atoms with Crippen molar-refractivity contribution in [1.82, 2.24) is 20.9 Å². The fourth-order valence-corrected chi connectivity index (χ4v) is 4.24. The standard InChI is InChI=1S/C26H40N8O5S/c1-3-14(2)21(24(37)32-19(25(38)39)9-6-10-30-26(28)29)34-23(36)20(33-22(35)17(27)13-40)11-15-12-31-18-8-5-4-7-16(15)18/h4-5,7-8,12,14,17,19-21,31,40H,3,6,9-11,13,27H2,1-2H3,(H,32,37)(H,33,35)(H,34,36)(H,38,39)(H4,28,29,30). The van der Waals surface area contributed by atoms with Crippen LogP contribution in [0.1, 0.15) is 38.7 Å². The van der Waals surface area contributed by atoms with Crippen LogP contribution >= 0.6 is 12.6 Å². The first kappa shape index (κ1) is 32.4. The Labute approximate surface area is 238 Å². The highest BCUT2D eigenvalue weighted by Crippen LogP contribution is 2.19. The van der Waals surface area contributed by atoms with Gasteiger partial charge in [-0.2, -0.15) is 12.6 Å². The van der Waals surface area contributed by atoms with Crippen molar-refractivity contribution in [2.45, 2.75) is 63.7 Å². The predicted octanol–water partition coefficient (Wildman–Crippen LogP) is -0.394. The van der Waals surface area contributed by atoms with Crippen molar-refractivity contribution < 1.29 is 24.3 Å². The number of fused-ring (bicyclic) bond motifs is 1. The SMILES string of the molecule is CCC(C)C(NC(=O)C(Cc1c[nH]c2ccccc12)NC(=O)C(N)CS)C(=O)NC(CCCN=C(N)N)C(=O)O. The molecule has 0 spiro atoms. The molecule has 220 valence electrons. The summed E-state index contributed by atoms with van der Waals surface area (Å²) in [4.78, 5) is 58.2. The molecule has 2 aromatic rings. The zero-order chi connectivity index (χ0) is 29.8. The number of guanidine groups is 1. The van der Waals surface area contributed by atoms with E-state index >= 15 is 0 Å². The van der Waals surface area contributed by atoms with E-state index in [4.69, 9.17) is 17.2 Å². The Balaban J connectivity index is 2.24. The summed E-state index contributed by atoms with van der Waals surface area (Å²) in [6, 6.07) is 3.26. The van der Waals surface area contributed by atoms with E-state index < -0.39 is 47.9 Å². The predicted molar refractivity (Wildman–Crippen MR) is 157 cm³/mol. The number of hydrogen-bond acceptors (Lipinski definition) is 7. The zero-order valence-corrected chi connectivity index (χ0v) is 23.6. The number of thiol groups is 1. The van der Waals surface area contributed by atoms with Gasteiger partial charge >= 0.3 is 5.97 Å². The fourth-order valence-electron chi connectivity index (χ4n) is 4.07. The molecule has 0 bridgehead atoms. The van der Waals surface area contributed by atoms with Crippen LogP contribution in [-0.4, -0.2) is 76.2 Å². The van der Waals surface area contributed by atoms with Crippen LogP contribution in [0.25, 0.3) is 10.9 Å². The number of nitrogens with one attached hydrogen (secondary N) is 4. The molecule has 0 aliphatic rings. The average molecular weight is 577 g/mol. The zero-order valence-electron chi connectivity index (χ0n) is 22.7. The Bertz CT molecular complexity index is 1200. The molecule has 1 aromatic heterocycles. The van der Waals surface area contributed by atoms with E-state index in [-0.39, 0.29) is 37.0 Å². The van der Waals surface area contributed by atoms with Crippen LogP contribution in [-0.2, 0) is 25.6 Å². The molecule has 1 heterocycles. The topological polar surface area (TPSA) is 231 Å². The first-order valence-electron chi connectivity index (χ1n) is 13.1. The molecule has 0 saturated carbocycles. The van der Waals surface area contributed by atoms with Crippen LogP contribution in [0.5, 0.6) is 0 Å². The van der Waals surface area contributed by atoms with E-state index in [0.717, 1.165) is 16.5 Å². The number of aliphatic carboxylic acids is 1. The second kappa shape index (κ2) is 15.7. The lowest BCUT2D eigenvalue weighted by Gasteiger charge is -2.28. The highest BCUT2D eigenvalue weighted by molar-refractivity contribution is 7.80. The van der Waals surface area contributed by atoms with E-state index in [2.05, 4.69) is 38.6 Å². The molecule has 5 atom stereocenters. The number of H-pyrrole nitrogens is 1. The number of hydrogen-bond donors (Lipinski definition) is 9. The van der Waals surface area contributed by atoms with Gasteiger partial charge in [0.05, 0.1) is 6.04 Å². The third-order valence-electron chi connectivity index (χ3n) is 6.62. The minimum absolute atomic E-state index is 0.0743. The van der Waals surface area contributed by atoms with E-state index in [0.29, 0.717) is 12.8 Å². The fraction of sp³-hybridized carbons (Fsp3) is 0.500. The van der Waals surface area contributed by atoms with Gasteiger partial charge in [0.25, 0.3) is 0 Å². The number of carboxylic acids is 1. The van der Waals surface area contributed by atoms with Crippen molar-refractivity contribution in [3.8, 4) is 0 Å². The van der Waals surface area contributed by atoms with Gasteiger partial charge in [-0.1, -0.05) is 38.5 Å². The minimum atomic E-state index is -1.22. The largest absolute Gasteiger partial charge is 0.480 e. The van der Waals surface area contributed by atoms with E-state index in [9.17, 15) is 24.3 Å². The molecular weight excluding hydrogens is 536 g/mol. The van der Waals surface area contributed by atoms with Crippen molar-refractivity contribution >= 4 is 53.2 Å². The van der Waals surface area contributed by atoms with Crippen LogP contribution in [0.3, 0.4) is 0 Å². The molecule has 1 aromatic carbocycles. The van der Waals surface area contributed by atoms with Gasteiger partial charge in [-0.15, -0.1) is 0 Å². The number of nitrogens with zero attached hydrogens (tertiary/aromatic N) is 1. The van der Waals surface area contributed by atoms with Crippen LogP contribution in [0.4, 0.5) is 0 Å². The van der Waals surface area contributed by atoms with Crippen LogP contribution in [0.15, 0.2) is 35.5 Å². The Kier molecular flexibility index (Phi) is 12.7. The number of carboxylic acid groups (broad SMARTS) is 1. The summed E-state index contributed by atoms with van der Waals surface area (Å²) in [7, 11) is 0. The molecule has 0 aliphatic heterocycles. The van der Waals surface area contributed by atoms with Crippen LogP contribution in [0.2, 0.25) is 0 Å². The molecule has 0 radical (unpaired) electrons. The molecule has 0 fully saturated rings. The maximum Gasteiger partial charge on any atom is 0.326 e. The number of benzene rings is 1. The number of aromatic nitrogens is 1. The molecule has 3 amide bonds. The molecule has 14 heteroatoms. The number of carbonyl (C=O) groups excluding carboxylic acids is 3. The summed E-state index contributed by atoms with van der Waals surface area (Å²) >= 11 is 4.07. The summed E-state index contributed by atoms with van der Waals surface area (Å²) in [6.45, 7) is 3.82. The second-order valence-corrected chi connectivity index (χ2v) is 10.00. The van der Waals surface area contributed by atoms with Crippen molar-refractivity contribution in [3.05, 3.63) is 36.0 Å². The molecule has 0 aliphatic carbocycles. The first-order valence-corrected chi connectivity index (χ1v) is 13.7. The van der Waals surface area contributed by atoms with Crippen LogP contribution in [0, 0.1) is 5.92 Å². The highest BCUT2D eigenvalue weighted by Gasteiger charge is 2.33. The van der Waals surface area contributed by atoms with Gasteiger partial charge in [0.1, 0.15) is 18.1 Å². The van der Waals surface area contributed by atoms with Gasteiger partial charge in [-0.3, -0.25) is 19.4 Å². The monoisotopic (exact) mass is 576 g/mol. The lowest BCUT2D eigenvalue weighted by Crippen LogP contribution is -2.59. The Morgan fingerprint density at radius 1 is 1.05 bits per heavy atom. The summed E-state index contributed by atoms with van der Waals surface area (Å²) in [5.41, 5.74) is 18.1. The third kappa shape index (κ3) is 9.45. The van der Waals surface area contributed by atoms with Crippen molar-refractivity contribution in [3.63, 3.8) is 0 Å². The summed E-state index contributed by atoms with van der Waals surface area (Å²) < 4.78 is 0. The van der Waals surface area contributed by atoms with Crippen molar-refractivity contribution in [2.75, 3.05) is 12.3 Å². The number of aliphatic imine (C=N–C) groups is 1. The molecule has 2 rings (SSSR count). The highest BCUT2D eigenvalue weighted by atomic mass is 32.1. The molecule has 13 nitrogen and oxygen atoms in total. The third-order valence-corrected chi connectivity index (χ3v) is 7.01. The Hall–Kier alpha value is -3.78. The van der Waals surface area contributed by atoms with E-state index in [1.807, 2.05) is 31.2 Å². The van der Waals surface area contributed by atoms with E-state index in [1.165, 1.54) is 0 Å². The second-order valence-electron chi connectivity index (χ2n) is 9.63. The number of aromatic amines is 1. The Morgan fingerprint density at radius 2 is 1.73 bits per heavy atom. The van der Waals surface area contributed by atoms with Gasteiger partial charge in [-0.25, -0.2) is 4.79 Å². The number of nitrogens with two attached hydrogens (primary N) is 3. The summed E-state index contributed by atoms with van der Waals surface area (Å²) in [6.07, 6.45) is 2.80. The molecule has 11 N–H and O–H groups in total. The van der Waals surface area contributed by atoms with Crippen molar-refractivity contribution in [2.24, 2.45) is 28.1 Å². The minimum Gasteiger partial charge on any atom is -0.480 e. The quantitative estimate of drug-likeness (QED) is 0.0551. The summed E-state index contributed by atoms with van der Waals surface area (Å²) in [5.74, 6) is -3.43. The molecule has 40 heavy (non-hydrogen) atoms. The maximum absolute atomic E-state index is 13.6. The molecule has 5 unspecified atom stereocenters. The average Bonchev–Trinajstić information content (AvgIpc) is 3.34. The summed E-state index contributed by atoms with van der Waals surface area (Å²) in [5, 5.41) is 18.4. The van der Waals surface area contributed by atoms with Crippen molar-refractivity contribution in [1.29, 1.82) is 0 Å². The molecule has 0 saturated heterocycles. The van der Waals surface area contributed by atoms with Gasteiger partial charge in [0.2, 0.25) is 17.7 Å². The maximum atomic E-state index is 13.6. The van der Waals surface area contributed by atoms with Gasteiger partial charge < -0.3 is 43.2 Å². The van der Waals surface area contributed by atoms with Crippen LogP contribution < -0.4 is 33.2 Å². The van der Waals surface area contributed by atoms with E-state index in [1.54, 1.807) is 13.1 Å². The number of carbonyl (C=O) groups is 4. The van der Waals surface area contributed by atoms with Gasteiger partial charge in [0, 0.05) is 35.8 Å². The van der Waals surface area contributed by atoms with Gasteiger partial charge in [-0.05, 0) is 30.4 Å². The normalized spacial score (nSPS) is 14.8. The number of rotatable bonds is 16. The lowest BCUT2D eigenvalue weighted by molar-refractivity contribution is -0.142. The smallest absolute Gasteiger partial charge is 0.326 e.